The predicted molar refractivity (Wildman–Crippen MR) is 90.4 cm³/mol. The molecular weight excluding hydrogens is 346 g/mol. The van der Waals surface area contributed by atoms with E-state index in [9.17, 15) is 13.2 Å². The molecular formula is C17H23NO6S. The average Bonchev–Trinajstić information content (AvgIpc) is 2.77. The predicted octanol–water partition coefficient (Wildman–Crippen LogP) is 1.76. The van der Waals surface area contributed by atoms with E-state index in [2.05, 4.69) is 16.1 Å². The molecule has 1 unspecified atom stereocenters. The fourth-order valence-corrected chi connectivity index (χ4v) is 4.15. The third-order valence-corrected chi connectivity index (χ3v) is 5.64. The molecule has 25 heavy (non-hydrogen) atoms. The first kappa shape index (κ1) is 18.3. The van der Waals surface area contributed by atoms with Gasteiger partial charge in [0.2, 0.25) is 0 Å². The third kappa shape index (κ3) is 4.58. The summed E-state index contributed by atoms with van der Waals surface area (Å²) in [6.45, 7) is -0.485. The van der Waals surface area contributed by atoms with Crippen molar-refractivity contribution in [3.63, 3.8) is 0 Å². The van der Waals surface area contributed by atoms with Crippen molar-refractivity contribution >= 4 is 16.4 Å². The Balaban J connectivity index is 1.69. The Morgan fingerprint density at radius 2 is 1.84 bits per heavy atom. The first-order valence-electron chi connectivity index (χ1n) is 8.42. The highest BCUT2D eigenvalue weighted by Gasteiger charge is 2.40. The van der Waals surface area contributed by atoms with Crippen molar-refractivity contribution in [1.82, 2.24) is 4.90 Å². The van der Waals surface area contributed by atoms with Crippen LogP contribution in [-0.2, 0) is 24.1 Å². The van der Waals surface area contributed by atoms with Gasteiger partial charge in [0, 0.05) is 12.1 Å². The molecule has 2 fully saturated rings. The number of carbonyl (C=O) groups is 1. The SMILES string of the molecule is CN1[C@@H]2CC[C@H]1C[C@@H](OC(=O)C(COS(=O)(=O)O)c1ccccc1)C2. The second-order valence-electron chi connectivity index (χ2n) is 6.76. The molecule has 1 aromatic carbocycles. The summed E-state index contributed by atoms with van der Waals surface area (Å²) >= 11 is 0. The lowest BCUT2D eigenvalue weighted by Gasteiger charge is -2.36. The van der Waals surface area contributed by atoms with Crippen molar-refractivity contribution in [3.8, 4) is 0 Å². The highest BCUT2D eigenvalue weighted by molar-refractivity contribution is 7.80. The molecule has 3 rings (SSSR count). The molecule has 2 heterocycles. The van der Waals surface area contributed by atoms with Crippen LogP contribution in [0.3, 0.4) is 0 Å². The minimum Gasteiger partial charge on any atom is -0.462 e. The standard InChI is InChI=1S/C17H23NO6S/c1-18-13-7-8-14(18)10-15(9-13)24-17(19)16(11-23-25(20,21)22)12-5-3-2-4-6-12/h2-6,13-16H,7-11H2,1H3,(H,20,21,22)/t13-,14+,15+,16?. The topological polar surface area (TPSA) is 93.1 Å². The number of piperidine rings is 1. The third-order valence-electron chi connectivity index (χ3n) is 5.21. The number of nitrogens with zero attached hydrogens (tertiary/aromatic N) is 1. The van der Waals surface area contributed by atoms with E-state index in [1.54, 1.807) is 30.3 Å². The van der Waals surface area contributed by atoms with Crippen molar-refractivity contribution in [2.45, 2.75) is 49.8 Å². The molecule has 2 bridgehead atoms. The van der Waals surface area contributed by atoms with Crippen LogP contribution in [0.25, 0.3) is 0 Å². The van der Waals surface area contributed by atoms with Crippen LogP contribution < -0.4 is 0 Å². The summed E-state index contributed by atoms with van der Waals surface area (Å²) in [5.74, 6) is -1.43. The maximum Gasteiger partial charge on any atom is 0.397 e. The summed E-state index contributed by atoms with van der Waals surface area (Å²) in [6.07, 6.45) is 3.64. The van der Waals surface area contributed by atoms with Gasteiger partial charge in [-0.15, -0.1) is 0 Å². The fraction of sp³-hybridized carbons (Fsp3) is 0.588. The molecule has 8 heteroatoms. The summed E-state index contributed by atoms with van der Waals surface area (Å²) in [4.78, 5) is 15.0. The molecule has 0 radical (unpaired) electrons. The van der Waals surface area contributed by atoms with Gasteiger partial charge in [0.25, 0.3) is 0 Å². The maximum absolute atomic E-state index is 12.7. The van der Waals surface area contributed by atoms with Gasteiger partial charge in [-0.05, 0) is 38.3 Å². The Kier molecular flexibility index (Phi) is 5.43. The zero-order valence-corrected chi connectivity index (χ0v) is 14.9. The Morgan fingerprint density at radius 3 is 2.40 bits per heavy atom. The molecule has 0 aliphatic carbocycles. The number of carbonyl (C=O) groups excluding carboxylic acids is 1. The zero-order valence-electron chi connectivity index (χ0n) is 14.1. The molecule has 2 aliphatic rings. The second-order valence-corrected chi connectivity index (χ2v) is 7.85. The van der Waals surface area contributed by atoms with E-state index in [1.807, 2.05) is 0 Å². The largest absolute Gasteiger partial charge is 0.462 e. The van der Waals surface area contributed by atoms with Gasteiger partial charge in [-0.2, -0.15) is 8.42 Å². The van der Waals surface area contributed by atoms with E-state index >= 15 is 0 Å². The van der Waals surface area contributed by atoms with Crippen LogP contribution in [0.15, 0.2) is 30.3 Å². The number of benzene rings is 1. The normalized spacial score (nSPS) is 27.8. The second kappa shape index (κ2) is 7.41. The van der Waals surface area contributed by atoms with Crippen molar-refractivity contribution in [3.05, 3.63) is 35.9 Å². The monoisotopic (exact) mass is 369 g/mol. The summed E-state index contributed by atoms with van der Waals surface area (Å²) < 4.78 is 40.7. The lowest BCUT2D eigenvalue weighted by atomic mass is 9.98. The van der Waals surface area contributed by atoms with Gasteiger partial charge in [-0.1, -0.05) is 30.3 Å². The van der Waals surface area contributed by atoms with Gasteiger partial charge in [-0.3, -0.25) is 9.35 Å². The number of fused-ring (bicyclic) bond motifs is 2. The highest BCUT2D eigenvalue weighted by Crippen LogP contribution is 2.36. The number of hydrogen-bond donors (Lipinski definition) is 1. The first-order valence-corrected chi connectivity index (χ1v) is 9.79. The first-order chi connectivity index (χ1) is 11.8. The van der Waals surface area contributed by atoms with E-state index in [1.165, 1.54) is 0 Å². The van der Waals surface area contributed by atoms with Crippen LogP contribution >= 0.6 is 0 Å². The van der Waals surface area contributed by atoms with E-state index < -0.39 is 28.9 Å². The molecule has 0 amide bonds. The molecule has 2 saturated heterocycles. The van der Waals surface area contributed by atoms with Crippen LogP contribution in [0.1, 0.15) is 37.2 Å². The highest BCUT2D eigenvalue weighted by atomic mass is 32.3. The van der Waals surface area contributed by atoms with Gasteiger partial charge in [-0.25, -0.2) is 4.18 Å². The molecule has 1 N–H and O–H groups in total. The molecule has 4 atom stereocenters. The number of ether oxygens (including phenoxy) is 1. The molecule has 138 valence electrons. The van der Waals surface area contributed by atoms with E-state index in [4.69, 9.17) is 9.29 Å². The van der Waals surface area contributed by atoms with E-state index in [-0.39, 0.29) is 6.10 Å². The number of esters is 1. The van der Waals surface area contributed by atoms with Crippen LogP contribution in [0.5, 0.6) is 0 Å². The summed E-state index contributed by atoms with van der Waals surface area (Å²) in [7, 11) is -2.52. The van der Waals surface area contributed by atoms with Crippen LogP contribution in [0, 0.1) is 0 Å². The molecule has 7 nitrogen and oxygen atoms in total. The van der Waals surface area contributed by atoms with Gasteiger partial charge < -0.3 is 9.64 Å². The summed E-state index contributed by atoms with van der Waals surface area (Å²) in [5, 5.41) is 0. The quantitative estimate of drug-likeness (QED) is 0.603. The number of rotatable bonds is 6. The van der Waals surface area contributed by atoms with Crippen molar-refractivity contribution < 1.29 is 26.7 Å². The summed E-state index contributed by atoms with van der Waals surface area (Å²) in [6, 6.07) is 9.57. The minimum absolute atomic E-state index is 0.168. The molecule has 0 aromatic heterocycles. The van der Waals surface area contributed by atoms with Crippen molar-refractivity contribution in [2.75, 3.05) is 13.7 Å². The van der Waals surface area contributed by atoms with Gasteiger partial charge in [0.15, 0.2) is 0 Å². The van der Waals surface area contributed by atoms with E-state index in [0.717, 1.165) is 25.7 Å². The maximum atomic E-state index is 12.7. The van der Waals surface area contributed by atoms with Crippen LogP contribution in [-0.4, -0.2) is 55.7 Å². The Labute approximate surface area is 147 Å². The fourth-order valence-electron chi connectivity index (χ4n) is 3.84. The van der Waals surface area contributed by atoms with E-state index in [0.29, 0.717) is 17.6 Å². The summed E-state index contributed by atoms with van der Waals surface area (Å²) in [5.41, 5.74) is 0.590. The van der Waals surface area contributed by atoms with Crippen molar-refractivity contribution in [2.24, 2.45) is 0 Å². The molecule has 2 aliphatic heterocycles. The van der Waals surface area contributed by atoms with Crippen LogP contribution in [0.2, 0.25) is 0 Å². The smallest absolute Gasteiger partial charge is 0.397 e. The molecule has 0 spiro atoms. The molecule has 1 aromatic rings. The minimum atomic E-state index is -4.62. The molecule has 0 saturated carbocycles. The Bertz CT molecular complexity index is 693. The lowest BCUT2D eigenvalue weighted by molar-refractivity contribution is -0.155. The number of hydrogen-bond acceptors (Lipinski definition) is 6. The van der Waals surface area contributed by atoms with Gasteiger partial charge in [0.1, 0.15) is 12.0 Å². The average molecular weight is 369 g/mol. The Morgan fingerprint density at radius 1 is 1.24 bits per heavy atom. The Hall–Kier alpha value is -1.48. The van der Waals surface area contributed by atoms with Crippen LogP contribution in [0.4, 0.5) is 0 Å². The van der Waals surface area contributed by atoms with Gasteiger partial charge >= 0.3 is 16.4 Å². The van der Waals surface area contributed by atoms with Crippen molar-refractivity contribution in [1.29, 1.82) is 0 Å². The zero-order chi connectivity index (χ0) is 18.0. The lowest BCUT2D eigenvalue weighted by Crippen LogP contribution is -2.44. The van der Waals surface area contributed by atoms with Gasteiger partial charge in [0.05, 0.1) is 6.61 Å².